The van der Waals surface area contributed by atoms with Gasteiger partial charge in [-0.25, -0.2) is 18.8 Å². The highest BCUT2D eigenvalue weighted by Gasteiger charge is 2.76. The number of guanidine groups is 2. The van der Waals surface area contributed by atoms with E-state index in [2.05, 4.69) is 15.6 Å². The van der Waals surface area contributed by atoms with Crippen LogP contribution >= 0.6 is 0 Å². The van der Waals surface area contributed by atoms with Gasteiger partial charge in [0, 0.05) is 0 Å². The van der Waals surface area contributed by atoms with Crippen molar-refractivity contribution in [1.82, 2.24) is 10.6 Å². The molecule has 12 heteroatoms. The minimum Gasteiger partial charge on any atom is -0.449 e. The largest absolute Gasteiger partial charge is 0.449 e. The summed E-state index contributed by atoms with van der Waals surface area (Å²) in [4.78, 5) is 16.6. The quantitative estimate of drug-likeness (QED) is 0.154. The number of aliphatic hydroxyl groups is 3. The summed E-state index contributed by atoms with van der Waals surface area (Å²) in [7, 11) is 0. The van der Waals surface area contributed by atoms with Gasteiger partial charge in [-0.15, -0.1) is 0 Å². The van der Waals surface area contributed by atoms with Crippen molar-refractivity contribution in [2.75, 3.05) is 13.2 Å². The highest BCUT2D eigenvalue weighted by molar-refractivity contribution is 5.89. The standard InChI is InChI=1S/C16H19FN6O5/c17-8-3-1-7(2-4-8)12(25)28-10-5-23-14(19)20-9(6-24)11-15(23,16(10,26)27)22-13(18)21-11/h1-4,9-11,24,26-27H,5-6H2,(H5,18,19,20,21,22)/p+1/t9-,10-,11-,15-/m0/s1. The van der Waals surface area contributed by atoms with Gasteiger partial charge in [0.25, 0.3) is 5.79 Å². The number of aliphatic imine (C=N–C) groups is 1. The van der Waals surface area contributed by atoms with Crippen molar-refractivity contribution < 1.29 is 33.8 Å². The molecule has 0 aromatic heterocycles. The first-order chi connectivity index (χ1) is 13.2. The first kappa shape index (κ1) is 18.4. The van der Waals surface area contributed by atoms with E-state index in [1.807, 2.05) is 0 Å². The van der Waals surface area contributed by atoms with Crippen LogP contribution in [0.5, 0.6) is 0 Å². The van der Waals surface area contributed by atoms with Gasteiger partial charge in [0.05, 0.1) is 12.2 Å². The first-order valence-electron chi connectivity index (χ1n) is 8.51. The average Bonchev–Trinajstić information content (AvgIpc) is 3.11. The van der Waals surface area contributed by atoms with Crippen molar-refractivity contribution in [3.05, 3.63) is 35.6 Å². The van der Waals surface area contributed by atoms with Crippen LogP contribution in [0.4, 0.5) is 4.39 Å². The molecule has 28 heavy (non-hydrogen) atoms. The Hall–Kier alpha value is -2.96. The fourth-order valence-electron chi connectivity index (χ4n) is 4.03. The van der Waals surface area contributed by atoms with Crippen molar-refractivity contribution in [2.45, 2.75) is 29.6 Å². The fourth-order valence-corrected chi connectivity index (χ4v) is 4.03. The molecule has 9 N–H and O–H groups in total. The molecule has 3 heterocycles. The molecule has 0 radical (unpaired) electrons. The molecule has 0 amide bonds. The van der Waals surface area contributed by atoms with Crippen LogP contribution in [0.1, 0.15) is 10.4 Å². The van der Waals surface area contributed by atoms with Gasteiger partial charge in [0.2, 0.25) is 5.66 Å². The lowest BCUT2D eigenvalue weighted by molar-refractivity contribution is -0.623. The first-order valence-corrected chi connectivity index (χ1v) is 8.51. The third-order valence-corrected chi connectivity index (χ3v) is 5.34. The van der Waals surface area contributed by atoms with Crippen molar-refractivity contribution >= 4 is 17.9 Å². The smallest absolute Gasteiger partial charge is 0.346 e. The number of aliphatic hydroxyl groups excluding tert-OH is 1. The number of carbonyl (C=O) groups excluding carboxylic acids is 1. The molecule has 4 rings (SSSR count). The SMILES string of the molecule is NC1=N[C@H]2[C@H](CO)NC(N)=[N+]3C[C@H](OC(=O)c4ccc(F)cc4)C(O)(O)[C@]23N1. The number of esters is 1. The normalized spacial score (nSPS) is 32.7. The second kappa shape index (κ2) is 6.02. The molecule has 0 bridgehead atoms. The highest BCUT2D eigenvalue weighted by atomic mass is 19.1. The van der Waals surface area contributed by atoms with E-state index in [4.69, 9.17) is 16.2 Å². The van der Waals surface area contributed by atoms with Crippen LogP contribution in [0.15, 0.2) is 29.3 Å². The lowest BCUT2D eigenvalue weighted by Crippen LogP contribution is -2.78. The zero-order chi connectivity index (χ0) is 20.3. The summed E-state index contributed by atoms with van der Waals surface area (Å²) < 4.78 is 19.7. The van der Waals surface area contributed by atoms with Crippen LogP contribution in [0, 0.1) is 5.82 Å². The molecule has 1 spiro atoms. The number of ether oxygens (including phenoxy) is 1. The lowest BCUT2D eigenvalue weighted by atomic mass is 9.86. The number of hydrogen-bond acceptors (Lipinski definition) is 10. The van der Waals surface area contributed by atoms with Crippen LogP contribution in [0.25, 0.3) is 0 Å². The second-order valence-electron chi connectivity index (χ2n) is 6.91. The lowest BCUT2D eigenvalue weighted by Gasteiger charge is -2.42. The van der Waals surface area contributed by atoms with E-state index in [9.17, 15) is 24.5 Å². The Morgan fingerprint density at radius 1 is 1.36 bits per heavy atom. The summed E-state index contributed by atoms with van der Waals surface area (Å²) in [6.07, 6.45) is -1.45. The van der Waals surface area contributed by atoms with Crippen LogP contribution in [0.2, 0.25) is 0 Å². The number of halogens is 1. The van der Waals surface area contributed by atoms with E-state index in [-0.39, 0.29) is 24.0 Å². The van der Waals surface area contributed by atoms with Gasteiger partial charge < -0.3 is 31.1 Å². The molecular weight excluding hydrogens is 375 g/mol. The van der Waals surface area contributed by atoms with Crippen molar-refractivity contribution in [3.8, 4) is 0 Å². The molecule has 1 fully saturated rings. The Labute approximate surface area is 158 Å². The minimum absolute atomic E-state index is 0.0282. The molecule has 1 saturated heterocycles. The fraction of sp³-hybridized carbons (Fsp3) is 0.438. The maximum atomic E-state index is 13.1. The summed E-state index contributed by atoms with van der Waals surface area (Å²) in [6, 6.07) is 2.92. The molecule has 3 aliphatic heterocycles. The van der Waals surface area contributed by atoms with E-state index in [0.29, 0.717) is 0 Å². The Balaban J connectivity index is 1.69. The van der Waals surface area contributed by atoms with Crippen molar-refractivity contribution in [1.29, 1.82) is 0 Å². The Kier molecular flexibility index (Phi) is 3.96. The molecular formula is C16H20FN6O5+. The van der Waals surface area contributed by atoms with Crippen molar-refractivity contribution in [2.24, 2.45) is 16.5 Å². The molecule has 4 atom stereocenters. The zero-order valence-electron chi connectivity index (χ0n) is 14.5. The van der Waals surface area contributed by atoms with E-state index >= 15 is 0 Å². The average molecular weight is 395 g/mol. The van der Waals surface area contributed by atoms with Crippen LogP contribution in [-0.2, 0) is 4.74 Å². The molecule has 0 aliphatic carbocycles. The monoisotopic (exact) mass is 395 g/mol. The van der Waals surface area contributed by atoms with Gasteiger partial charge in [0.15, 0.2) is 18.1 Å². The van der Waals surface area contributed by atoms with Gasteiger partial charge in [-0.2, -0.15) is 0 Å². The number of hydrogen-bond donors (Lipinski definition) is 7. The predicted octanol–water partition coefficient (Wildman–Crippen LogP) is -3.68. The van der Waals surface area contributed by atoms with Crippen molar-refractivity contribution in [3.63, 3.8) is 0 Å². The van der Waals surface area contributed by atoms with Crippen LogP contribution < -0.4 is 22.1 Å². The van der Waals surface area contributed by atoms with Gasteiger partial charge in [0.1, 0.15) is 18.4 Å². The van der Waals surface area contributed by atoms with Gasteiger partial charge in [-0.1, -0.05) is 0 Å². The number of nitrogens with zero attached hydrogens (tertiary/aromatic N) is 2. The summed E-state index contributed by atoms with van der Waals surface area (Å²) in [5, 5.41) is 37.2. The maximum absolute atomic E-state index is 13.1. The molecule has 1 aromatic carbocycles. The molecule has 1 aromatic rings. The van der Waals surface area contributed by atoms with Crippen LogP contribution in [-0.4, -0.2) is 80.6 Å². The Morgan fingerprint density at radius 2 is 2.04 bits per heavy atom. The molecule has 150 valence electrons. The van der Waals surface area contributed by atoms with E-state index < -0.39 is 48.0 Å². The van der Waals surface area contributed by atoms with Gasteiger partial charge >= 0.3 is 11.9 Å². The summed E-state index contributed by atoms with van der Waals surface area (Å²) in [6.45, 7) is -0.598. The molecule has 3 aliphatic rings. The van der Waals surface area contributed by atoms with E-state index in [1.54, 1.807) is 0 Å². The second-order valence-corrected chi connectivity index (χ2v) is 6.91. The maximum Gasteiger partial charge on any atom is 0.346 e. The van der Waals surface area contributed by atoms with Gasteiger partial charge in [-0.3, -0.25) is 11.1 Å². The number of nitrogens with one attached hydrogen (secondary N) is 2. The zero-order valence-corrected chi connectivity index (χ0v) is 14.5. The third-order valence-electron chi connectivity index (χ3n) is 5.34. The number of carbonyl (C=O) groups is 1. The van der Waals surface area contributed by atoms with Crippen LogP contribution in [0.3, 0.4) is 0 Å². The summed E-state index contributed by atoms with van der Waals surface area (Å²) in [5.41, 5.74) is 10.1. The number of rotatable bonds is 3. The Bertz CT molecular complexity index is 888. The minimum atomic E-state index is -2.67. The third kappa shape index (κ3) is 2.35. The summed E-state index contributed by atoms with van der Waals surface area (Å²) in [5.74, 6) is -4.12. The topological polar surface area (TPSA) is 178 Å². The van der Waals surface area contributed by atoms with Gasteiger partial charge in [-0.05, 0) is 24.3 Å². The number of nitrogens with two attached hydrogens (primary N) is 2. The molecule has 11 nitrogen and oxygen atoms in total. The van der Waals surface area contributed by atoms with E-state index in [1.165, 1.54) is 16.7 Å². The summed E-state index contributed by atoms with van der Waals surface area (Å²) >= 11 is 0. The Morgan fingerprint density at radius 3 is 2.68 bits per heavy atom. The number of benzene rings is 1. The highest BCUT2D eigenvalue weighted by Crippen LogP contribution is 2.42. The predicted molar refractivity (Wildman–Crippen MR) is 92.4 cm³/mol. The molecule has 0 unspecified atom stereocenters. The molecule has 0 saturated carbocycles. The van der Waals surface area contributed by atoms with E-state index in [0.717, 1.165) is 12.1 Å².